The van der Waals surface area contributed by atoms with E-state index >= 15 is 0 Å². The Kier molecular flexibility index (Phi) is 4.33. The van der Waals surface area contributed by atoms with Crippen LogP contribution in [0.3, 0.4) is 0 Å². The van der Waals surface area contributed by atoms with Crippen molar-refractivity contribution in [2.75, 3.05) is 33.7 Å². The molecule has 0 saturated heterocycles. The van der Waals surface area contributed by atoms with E-state index in [9.17, 15) is 0 Å². The summed E-state index contributed by atoms with van der Waals surface area (Å²) < 4.78 is 0. The van der Waals surface area contributed by atoms with Gasteiger partial charge in [-0.3, -0.25) is 4.99 Å². The summed E-state index contributed by atoms with van der Waals surface area (Å²) in [6.07, 6.45) is 0. The van der Waals surface area contributed by atoms with Crippen molar-refractivity contribution in [2.45, 2.75) is 26.8 Å². The normalized spacial score (nSPS) is 18.8. The van der Waals surface area contributed by atoms with E-state index in [2.05, 4.69) is 61.8 Å². The minimum atomic E-state index is 0.288. The van der Waals surface area contributed by atoms with E-state index < -0.39 is 0 Å². The highest BCUT2D eigenvalue weighted by molar-refractivity contribution is 5.80. The maximum atomic E-state index is 6.08. The number of rotatable bonds is 4. The molecule has 20 heavy (non-hydrogen) atoms. The third kappa shape index (κ3) is 2.96. The van der Waals surface area contributed by atoms with E-state index in [-0.39, 0.29) is 6.04 Å². The van der Waals surface area contributed by atoms with Gasteiger partial charge in [0.2, 0.25) is 0 Å². The summed E-state index contributed by atoms with van der Waals surface area (Å²) in [5, 5.41) is 0. The van der Waals surface area contributed by atoms with Gasteiger partial charge in [-0.15, -0.1) is 0 Å². The fourth-order valence-corrected chi connectivity index (χ4v) is 3.07. The van der Waals surface area contributed by atoms with Crippen LogP contribution in [0, 0.1) is 20.8 Å². The second kappa shape index (κ2) is 5.83. The van der Waals surface area contributed by atoms with Crippen molar-refractivity contribution in [3.63, 3.8) is 0 Å². The van der Waals surface area contributed by atoms with Gasteiger partial charge in [0.1, 0.15) is 0 Å². The highest BCUT2D eigenvalue weighted by atomic mass is 15.3. The second-order valence-corrected chi connectivity index (χ2v) is 6.02. The lowest BCUT2D eigenvalue weighted by atomic mass is 9.93. The molecule has 1 aliphatic heterocycles. The molecule has 0 bridgehead atoms. The molecule has 1 atom stereocenters. The Morgan fingerprint density at radius 1 is 1.25 bits per heavy atom. The largest absolute Gasteiger partial charge is 0.370 e. The van der Waals surface area contributed by atoms with Crippen LogP contribution < -0.4 is 5.73 Å². The molecule has 1 unspecified atom stereocenters. The lowest BCUT2D eigenvalue weighted by Crippen LogP contribution is -2.40. The first kappa shape index (κ1) is 14.9. The molecule has 0 amide bonds. The number of nitrogens with two attached hydrogens (primary N) is 1. The van der Waals surface area contributed by atoms with Gasteiger partial charge >= 0.3 is 0 Å². The molecule has 2 rings (SSSR count). The first-order chi connectivity index (χ1) is 9.40. The monoisotopic (exact) mass is 274 g/mol. The Morgan fingerprint density at radius 2 is 1.85 bits per heavy atom. The number of nitrogens with zero attached hydrogens (tertiary/aromatic N) is 3. The molecular weight excluding hydrogens is 248 g/mol. The van der Waals surface area contributed by atoms with Crippen LogP contribution in [0.15, 0.2) is 17.1 Å². The molecular formula is C16H26N4. The van der Waals surface area contributed by atoms with Gasteiger partial charge < -0.3 is 15.5 Å². The first-order valence-corrected chi connectivity index (χ1v) is 7.19. The van der Waals surface area contributed by atoms with Crippen LogP contribution in [0.5, 0.6) is 0 Å². The molecule has 1 aromatic carbocycles. The van der Waals surface area contributed by atoms with Crippen LogP contribution in [0.1, 0.15) is 28.3 Å². The predicted molar refractivity (Wildman–Crippen MR) is 85.1 cm³/mol. The maximum absolute atomic E-state index is 6.08. The van der Waals surface area contributed by atoms with Gasteiger partial charge in [-0.25, -0.2) is 0 Å². The van der Waals surface area contributed by atoms with E-state index in [0.29, 0.717) is 5.96 Å². The molecule has 1 heterocycles. The molecule has 0 saturated carbocycles. The Bertz CT molecular complexity index is 496. The topological polar surface area (TPSA) is 44.9 Å². The lowest BCUT2D eigenvalue weighted by Gasteiger charge is -2.30. The predicted octanol–water partition coefficient (Wildman–Crippen LogP) is 1.84. The number of benzene rings is 1. The van der Waals surface area contributed by atoms with Crippen molar-refractivity contribution < 1.29 is 0 Å². The van der Waals surface area contributed by atoms with E-state index in [4.69, 9.17) is 5.73 Å². The zero-order valence-corrected chi connectivity index (χ0v) is 13.3. The van der Waals surface area contributed by atoms with Gasteiger partial charge in [0.25, 0.3) is 0 Å². The van der Waals surface area contributed by atoms with Gasteiger partial charge in [-0.2, -0.15) is 0 Å². The number of guanidine groups is 1. The van der Waals surface area contributed by atoms with Crippen molar-refractivity contribution in [3.8, 4) is 0 Å². The second-order valence-electron chi connectivity index (χ2n) is 6.02. The molecule has 4 heteroatoms. The van der Waals surface area contributed by atoms with E-state index in [0.717, 1.165) is 19.6 Å². The number of aliphatic imine (C=N–C) groups is 1. The Hall–Kier alpha value is -1.55. The van der Waals surface area contributed by atoms with Crippen LogP contribution in [0.2, 0.25) is 0 Å². The summed E-state index contributed by atoms with van der Waals surface area (Å²) in [6, 6.07) is 4.79. The number of aryl methyl sites for hydroxylation is 3. The minimum absolute atomic E-state index is 0.288. The third-order valence-corrected chi connectivity index (χ3v) is 3.96. The van der Waals surface area contributed by atoms with Crippen molar-refractivity contribution in [3.05, 3.63) is 34.4 Å². The summed E-state index contributed by atoms with van der Waals surface area (Å²) in [4.78, 5) is 8.88. The van der Waals surface area contributed by atoms with E-state index in [1.165, 1.54) is 22.3 Å². The number of hydrogen-bond donors (Lipinski definition) is 1. The first-order valence-electron chi connectivity index (χ1n) is 7.19. The van der Waals surface area contributed by atoms with Crippen LogP contribution in [0.25, 0.3) is 0 Å². The maximum Gasteiger partial charge on any atom is 0.191 e. The Balaban J connectivity index is 2.28. The molecule has 0 aromatic heterocycles. The molecule has 4 nitrogen and oxygen atoms in total. The number of likely N-dealkylation sites (N-methyl/N-ethyl adjacent to an activating group) is 1. The summed E-state index contributed by atoms with van der Waals surface area (Å²) in [7, 11) is 4.17. The molecule has 110 valence electrons. The quantitative estimate of drug-likeness (QED) is 0.911. The SMILES string of the molecule is Cc1cc(C)c(C2CN=C(N)N2CCN(C)C)c(C)c1. The highest BCUT2D eigenvalue weighted by Gasteiger charge is 2.29. The van der Waals surface area contributed by atoms with Gasteiger partial charge in [0, 0.05) is 13.1 Å². The zero-order chi connectivity index (χ0) is 14.9. The minimum Gasteiger partial charge on any atom is -0.370 e. The van der Waals surface area contributed by atoms with Crippen molar-refractivity contribution in [1.29, 1.82) is 0 Å². The van der Waals surface area contributed by atoms with Crippen molar-refractivity contribution in [1.82, 2.24) is 9.80 Å². The van der Waals surface area contributed by atoms with Crippen molar-refractivity contribution >= 4 is 5.96 Å². The van der Waals surface area contributed by atoms with Gasteiger partial charge in [-0.1, -0.05) is 17.7 Å². The molecule has 0 aliphatic carbocycles. The van der Waals surface area contributed by atoms with Crippen LogP contribution in [0.4, 0.5) is 0 Å². The molecule has 0 fully saturated rings. The van der Waals surface area contributed by atoms with E-state index in [1.54, 1.807) is 0 Å². The van der Waals surface area contributed by atoms with Gasteiger partial charge in [0.05, 0.1) is 12.6 Å². The zero-order valence-electron chi connectivity index (χ0n) is 13.3. The highest BCUT2D eigenvalue weighted by Crippen LogP contribution is 2.31. The average molecular weight is 274 g/mol. The van der Waals surface area contributed by atoms with Gasteiger partial charge in [0.15, 0.2) is 5.96 Å². The van der Waals surface area contributed by atoms with E-state index in [1.807, 2.05) is 0 Å². The fraction of sp³-hybridized carbons (Fsp3) is 0.562. The van der Waals surface area contributed by atoms with Crippen LogP contribution in [-0.2, 0) is 0 Å². The van der Waals surface area contributed by atoms with Crippen LogP contribution >= 0.6 is 0 Å². The third-order valence-electron chi connectivity index (χ3n) is 3.96. The standard InChI is InChI=1S/C16H26N4/c1-11-8-12(2)15(13(3)9-11)14-10-18-16(17)20(14)7-6-19(4)5/h8-9,14H,6-7,10H2,1-5H3,(H2,17,18). The van der Waals surface area contributed by atoms with Gasteiger partial charge in [-0.05, 0) is 51.6 Å². The summed E-state index contributed by atoms with van der Waals surface area (Å²) >= 11 is 0. The smallest absolute Gasteiger partial charge is 0.191 e. The molecule has 1 aromatic rings. The Morgan fingerprint density at radius 3 is 2.40 bits per heavy atom. The summed E-state index contributed by atoms with van der Waals surface area (Å²) in [5.74, 6) is 0.677. The Labute approximate surface area is 122 Å². The number of hydrogen-bond acceptors (Lipinski definition) is 4. The molecule has 0 spiro atoms. The molecule has 2 N–H and O–H groups in total. The molecule has 0 radical (unpaired) electrons. The fourth-order valence-electron chi connectivity index (χ4n) is 3.07. The summed E-state index contributed by atoms with van der Waals surface area (Å²) in [6.45, 7) is 9.19. The van der Waals surface area contributed by atoms with Crippen LogP contribution in [-0.4, -0.2) is 49.5 Å². The summed E-state index contributed by atoms with van der Waals surface area (Å²) in [5.41, 5.74) is 11.5. The molecule has 1 aliphatic rings. The average Bonchev–Trinajstić information content (AvgIpc) is 2.67. The van der Waals surface area contributed by atoms with Crippen molar-refractivity contribution in [2.24, 2.45) is 10.7 Å². The lowest BCUT2D eigenvalue weighted by molar-refractivity contribution is 0.292.